The molecule has 0 spiro atoms. The maximum atomic E-state index is 6.07. The van der Waals surface area contributed by atoms with Crippen molar-refractivity contribution in [1.29, 1.82) is 0 Å². The van der Waals surface area contributed by atoms with E-state index in [2.05, 4.69) is 77.4 Å². The Morgan fingerprint density at radius 3 is 1.65 bits per heavy atom. The van der Waals surface area contributed by atoms with Crippen LogP contribution in [0.1, 0.15) is 113 Å². The number of hydrogen-bond donors (Lipinski definition) is 4. The molecule has 286 valence electrons. The second kappa shape index (κ2) is 29.6. The van der Waals surface area contributed by atoms with Gasteiger partial charge in [0.25, 0.3) is 5.17 Å². The highest BCUT2D eigenvalue weighted by Gasteiger charge is 2.27. The monoisotopic (exact) mass is 756 g/mol. The molecule has 0 saturated heterocycles. The minimum Gasteiger partial charge on any atom is -0.479 e. The molecule has 8 nitrogen and oxygen atoms in total. The zero-order valence-electron chi connectivity index (χ0n) is 31.6. The van der Waals surface area contributed by atoms with Crippen molar-refractivity contribution in [3.63, 3.8) is 0 Å². The van der Waals surface area contributed by atoms with Gasteiger partial charge < -0.3 is 39.1 Å². The van der Waals surface area contributed by atoms with E-state index in [4.69, 9.17) is 52.9 Å². The van der Waals surface area contributed by atoms with Gasteiger partial charge in [-0.1, -0.05) is 66.2 Å². The van der Waals surface area contributed by atoms with Gasteiger partial charge in [-0.3, -0.25) is 0 Å². The molecule has 0 radical (unpaired) electrons. The number of rotatable bonds is 32. The number of hydrogen-bond acceptors (Lipinski definition) is 11. The van der Waals surface area contributed by atoms with E-state index in [0.717, 1.165) is 32.5 Å². The molecule has 4 unspecified atom stereocenters. The van der Waals surface area contributed by atoms with Crippen LogP contribution in [0.4, 0.5) is 0 Å². The summed E-state index contributed by atoms with van der Waals surface area (Å²) >= 11 is 20.0. The van der Waals surface area contributed by atoms with Crippen LogP contribution < -0.4 is 10.6 Å². The van der Waals surface area contributed by atoms with Gasteiger partial charge in [-0.25, -0.2) is 0 Å². The topological polar surface area (TPSA) is 79.4 Å². The average molecular weight is 757 g/mol. The number of nitrogens with one attached hydrogen (secondary N) is 2. The highest BCUT2D eigenvalue weighted by Crippen LogP contribution is 2.16. The molecular weight excluding hydrogens is 685 g/mol. The first-order valence-electron chi connectivity index (χ1n) is 18.3. The highest BCUT2D eigenvalue weighted by molar-refractivity contribution is 7.80. The third-order valence-corrected chi connectivity index (χ3v) is 9.98. The summed E-state index contributed by atoms with van der Waals surface area (Å²) in [5.41, 5.74) is -0.771. The molecule has 4 atom stereocenters. The first kappa shape index (κ1) is 48.1. The lowest BCUT2D eigenvalue weighted by molar-refractivity contribution is 0.0299. The largest absolute Gasteiger partial charge is 0.479 e. The van der Waals surface area contributed by atoms with Gasteiger partial charge in [-0.05, 0) is 83.2 Å². The fraction of sp³-hybridized carbons (Fsp3) is 0.944. The van der Waals surface area contributed by atoms with Crippen LogP contribution in [-0.4, -0.2) is 104 Å². The molecule has 0 aromatic carbocycles. The first-order chi connectivity index (χ1) is 22.9. The van der Waals surface area contributed by atoms with E-state index in [9.17, 15) is 0 Å². The minimum absolute atomic E-state index is 0.175. The number of unbranched alkanes of at least 4 members (excludes halogenated alkanes) is 2. The third kappa shape index (κ3) is 25.1. The van der Waals surface area contributed by atoms with Crippen LogP contribution in [0.25, 0.3) is 0 Å². The van der Waals surface area contributed by atoms with Crippen molar-refractivity contribution in [2.24, 2.45) is 11.8 Å². The van der Waals surface area contributed by atoms with Crippen LogP contribution in [-0.2, 0) is 28.4 Å². The smallest absolute Gasteiger partial charge is 0.257 e. The van der Waals surface area contributed by atoms with E-state index < -0.39 is 5.54 Å². The maximum absolute atomic E-state index is 6.07. The van der Waals surface area contributed by atoms with Crippen molar-refractivity contribution in [1.82, 2.24) is 10.6 Å². The normalized spacial score (nSPS) is 14.7. The highest BCUT2D eigenvalue weighted by atomic mass is 32.1. The molecule has 0 bridgehead atoms. The van der Waals surface area contributed by atoms with E-state index in [1.54, 1.807) is 0 Å². The molecule has 0 aromatic rings. The lowest BCUT2D eigenvalue weighted by Crippen LogP contribution is -2.49. The molecule has 0 aliphatic rings. The molecule has 0 fully saturated rings. The van der Waals surface area contributed by atoms with Crippen molar-refractivity contribution in [3.8, 4) is 0 Å². The Bertz CT molecular complexity index is 808. The fourth-order valence-corrected chi connectivity index (χ4v) is 5.73. The molecule has 12 heteroatoms. The molecule has 0 amide bonds. The van der Waals surface area contributed by atoms with Crippen LogP contribution in [0.2, 0.25) is 0 Å². The van der Waals surface area contributed by atoms with E-state index in [1.807, 2.05) is 13.8 Å². The van der Waals surface area contributed by atoms with Gasteiger partial charge in [0.1, 0.15) is 12.2 Å². The van der Waals surface area contributed by atoms with Gasteiger partial charge in [-0.15, -0.1) is 0 Å². The maximum Gasteiger partial charge on any atom is 0.257 e. The quantitative estimate of drug-likeness (QED) is 0.0310. The SMILES string of the molecule is CCCCC(CC)COCC(CS)OC(=S)NC(C)(C)CCOCCOCCNC(C)(C)C(=S)OC(CS)COCC(CC)CCCC. The van der Waals surface area contributed by atoms with Crippen molar-refractivity contribution in [2.75, 3.05) is 70.9 Å². The summed E-state index contributed by atoms with van der Waals surface area (Å²) in [6, 6.07) is 0. The van der Waals surface area contributed by atoms with Gasteiger partial charge in [0.2, 0.25) is 0 Å². The molecule has 48 heavy (non-hydrogen) atoms. The Morgan fingerprint density at radius 2 is 1.17 bits per heavy atom. The van der Waals surface area contributed by atoms with Gasteiger partial charge >= 0.3 is 0 Å². The van der Waals surface area contributed by atoms with Crippen LogP contribution in [0.15, 0.2) is 0 Å². The summed E-state index contributed by atoms with van der Waals surface area (Å²) in [5, 5.41) is 7.61. The first-order valence-corrected chi connectivity index (χ1v) is 20.4. The molecular formula is C36H72N2O6S4. The van der Waals surface area contributed by atoms with Gasteiger partial charge in [0.05, 0.1) is 38.6 Å². The summed E-state index contributed by atoms with van der Waals surface area (Å²) < 4.78 is 35.5. The number of ether oxygens (including phenoxy) is 6. The third-order valence-electron chi connectivity index (χ3n) is 8.36. The Hall–Kier alpha value is 0.0800. The van der Waals surface area contributed by atoms with Gasteiger partial charge in [0.15, 0.2) is 5.05 Å². The Labute approximate surface area is 316 Å². The Morgan fingerprint density at radius 1 is 0.667 bits per heavy atom. The van der Waals surface area contributed by atoms with Crippen molar-refractivity contribution in [3.05, 3.63) is 0 Å². The average Bonchev–Trinajstić information content (AvgIpc) is 3.05. The molecule has 0 aliphatic heterocycles. The fourth-order valence-electron chi connectivity index (χ4n) is 4.75. The Kier molecular flexibility index (Phi) is 29.7. The predicted octanol–water partition coefficient (Wildman–Crippen LogP) is 7.85. The lowest BCUT2D eigenvalue weighted by Gasteiger charge is -2.30. The minimum atomic E-state index is -0.487. The van der Waals surface area contributed by atoms with Gasteiger partial charge in [-0.2, -0.15) is 25.3 Å². The second-order valence-corrected chi connectivity index (χ2v) is 15.3. The summed E-state index contributed by atoms with van der Waals surface area (Å²) in [7, 11) is 0. The van der Waals surface area contributed by atoms with Crippen LogP contribution >= 0.6 is 49.7 Å². The molecule has 0 aliphatic carbocycles. The van der Waals surface area contributed by atoms with Crippen LogP contribution in [0.5, 0.6) is 0 Å². The summed E-state index contributed by atoms with van der Waals surface area (Å²) in [5.74, 6) is 2.27. The summed E-state index contributed by atoms with van der Waals surface area (Å²) in [4.78, 5) is 0. The second-order valence-electron chi connectivity index (χ2n) is 13.9. The van der Waals surface area contributed by atoms with Crippen LogP contribution in [0, 0.1) is 11.8 Å². The van der Waals surface area contributed by atoms with E-state index in [0.29, 0.717) is 79.8 Å². The molecule has 0 heterocycles. The predicted molar refractivity (Wildman–Crippen MR) is 216 cm³/mol. The molecule has 2 N–H and O–H groups in total. The van der Waals surface area contributed by atoms with E-state index in [1.165, 1.54) is 38.5 Å². The zero-order chi connectivity index (χ0) is 36.3. The van der Waals surface area contributed by atoms with Crippen LogP contribution in [0.3, 0.4) is 0 Å². The van der Waals surface area contributed by atoms with E-state index >= 15 is 0 Å². The van der Waals surface area contributed by atoms with E-state index in [-0.39, 0.29) is 17.7 Å². The molecule has 0 rings (SSSR count). The van der Waals surface area contributed by atoms with Crippen molar-refractivity contribution >= 4 is 59.9 Å². The molecule has 0 saturated carbocycles. The number of thiocarbonyl (C=S) groups is 2. The van der Waals surface area contributed by atoms with Crippen molar-refractivity contribution in [2.45, 2.75) is 136 Å². The molecule has 0 aromatic heterocycles. The van der Waals surface area contributed by atoms with Crippen molar-refractivity contribution < 1.29 is 28.4 Å². The summed E-state index contributed by atoms with van der Waals surface area (Å²) in [6.45, 7) is 22.3. The van der Waals surface area contributed by atoms with Gasteiger partial charge in [0, 0.05) is 43.4 Å². The Balaban J connectivity index is 4.17. The lowest BCUT2D eigenvalue weighted by atomic mass is 10.0. The standard InChI is InChI=1S/C36H72N2O6S4/c1-9-13-15-29(11-3)23-41-25-31(27-45)43-33(47)36(7,8)37-18-20-40-22-21-39-19-17-35(5,6)38-34(48)44-32(28-46)26-42-24-30(12-4)16-14-10-2/h29-32,37,45-46H,9-28H2,1-8H3,(H,38,48). The summed E-state index contributed by atoms with van der Waals surface area (Å²) in [6.07, 6.45) is 9.97. The zero-order valence-corrected chi connectivity index (χ0v) is 35.0. The number of thiol groups is 2.